The summed E-state index contributed by atoms with van der Waals surface area (Å²) in [6, 6.07) is 14.0. The van der Waals surface area contributed by atoms with Crippen molar-refractivity contribution >= 4 is 17.6 Å². The first-order valence-corrected chi connectivity index (χ1v) is 8.30. The van der Waals surface area contributed by atoms with Crippen molar-refractivity contribution in [2.24, 2.45) is 0 Å². The Hall–Kier alpha value is -3.02. The molecular formula is C20H23NO5. The van der Waals surface area contributed by atoms with Crippen LogP contribution in [-0.4, -0.2) is 38.7 Å². The lowest BCUT2D eigenvalue weighted by Crippen LogP contribution is -2.40. The molecule has 138 valence electrons. The van der Waals surface area contributed by atoms with Gasteiger partial charge in [0.15, 0.2) is 6.10 Å². The Kier molecular flexibility index (Phi) is 6.60. The second kappa shape index (κ2) is 8.89. The number of carbonyl (C=O) groups excluding carboxylic acids is 2. The zero-order valence-corrected chi connectivity index (χ0v) is 15.4. The minimum absolute atomic E-state index is 0.253. The van der Waals surface area contributed by atoms with Gasteiger partial charge in [-0.1, -0.05) is 18.2 Å². The molecule has 0 aromatic heterocycles. The third-order valence-electron chi connectivity index (χ3n) is 3.87. The number of para-hydroxylation sites is 1. The third kappa shape index (κ3) is 4.53. The molecule has 0 N–H and O–H groups in total. The van der Waals surface area contributed by atoms with Gasteiger partial charge < -0.3 is 19.1 Å². The van der Waals surface area contributed by atoms with Gasteiger partial charge in [-0.15, -0.1) is 0 Å². The van der Waals surface area contributed by atoms with Crippen LogP contribution in [0.25, 0.3) is 0 Å². The molecule has 6 nitrogen and oxygen atoms in total. The van der Waals surface area contributed by atoms with Gasteiger partial charge in [-0.25, -0.2) is 4.79 Å². The van der Waals surface area contributed by atoms with Crippen LogP contribution in [0.15, 0.2) is 48.5 Å². The smallest absolute Gasteiger partial charge is 0.339 e. The minimum atomic E-state index is -0.931. The number of hydrogen-bond acceptors (Lipinski definition) is 5. The van der Waals surface area contributed by atoms with Crippen molar-refractivity contribution in [3.8, 4) is 11.5 Å². The second-order valence-electron chi connectivity index (χ2n) is 5.57. The average molecular weight is 357 g/mol. The van der Waals surface area contributed by atoms with Gasteiger partial charge in [0.05, 0.1) is 19.8 Å². The first-order valence-electron chi connectivity index (χ1n) is 8.30. The molecule has 26 heavy (non-hydrogen) atoms. The summed E-state index contributed by atoms with van der Waals surface area (Å²) < 4.78 is 15.7. The van der Waals surface area contributed by atoms with E-state index in [-0.39, 0.29) is 11.5 Å². The van der Waals surface area contributed by atoms with E-state index in [2.05, 4.69) is 0 Å². The Labute approximate surface area is 153 Å². The first-order chi connectivity index (χ1) is 12.5. The second-order valence-corrected chi connectivity index (χ2v) is 5.57. The lowest BCUT2D eigenvalue weighted by Gasteiger charge is -2.24. The number of hydrogen-bond donors (Lipinski definition) is 0. The van der Waals surface area contributed by atoms with Crippen LogP contribution in [0.1, 0.15) is 24.2 Å². The number of ether oxygens (including phenoxy) is 3. The monoisotopic (exact) mass is 357 g/mol. The van der Waals surface area contributed by atoms with Gasteiger partial charge in [-0.2, -0.15) is 0 Å². The Morgan fingerprint density at radius 3 is 2.08 bits per heavy atom. The number of carbonyl (C=O) groups is 2. The number of benzene rings is 2. The number of nitrogens with zero attached hydrogens (tertiary/aromatic N) is 1. The SMILES string of the molecule is CCN(C(=O)[C@H](C)OC(=O)c1cc(OC)cc(OC)c1)c1ccccc1. The highest BCUT2D eigenvalue weighted by atomic mass is 16.5. The summed E-state index contributed by atoms with van der Waals surface area (Å²) in [5, 5.41) is 0. The zero-order valence-electron chi connectivity index (χ0n) is 15.4. The zero-order chi connectivity index (χ0) is 19.1. The lowest BCUT2D eigenvalue weighted by molar-refractivity contribution is -0.126. The average Bonchev–Trinajstić information content (AvgIpc) is 2.68. The molecule has 2 aromatic carbocycles. The van der Waals surface area contributed by atoms with Gasteiger partial charge in [0, 0.05) is 18.3 Å². The van der Waals surface area contributed by atoms with Crippen LogP contribution >= 0.6 is 0 Å². The molecule has 0 aliphatic rings. The summed E-state index contributed by atoms with van der Waals surface area (Å²) in [6.45, 7) is 3.90. The Bertz CT molecular complexity index is 738. The molecule has 0 heterocycles. The molecule has 0 spiro atoms. The molecule has 0 aliphatic heterocycles. The molecule has 1 atom stereocenters. The molecule has 0 aliphatic carbocycles. The molecule has 0 fully saturated rings. The lowest BCUT2D eigenvalue weighted by atomic mass is 10.2. The predicted molar refractivity (Wildman–Crippen MR) is 98.9 cm³/mol. The van der Waals surface area contributed by atoms with Crippen molar-refractivity contribution in [1.29, 1.82) is 0 Å². The van der Waals surface area contributed by atoms with Crippen LogP contribution in [0.4, 0.5) is 5.69 Å². The number of rotatable bonds is 7. The van der Waals surface area contributed by atoms with Crippen LogP contribution in [0.5, 0.6) is 11.5 Å². The maximum atomic E-state index is 12.7. The van der Waals surface area contributed by atoms with Crippen molar-refractivity contribution in [3.63, 3.8) is 0 Å². The van der Waals surface area contributed by atoms with E-state index in [0.717, 1.165) is 5.69 Å². The third-order valence-corrected chi connectivity index (χ3v) is 3.87. The summed E-state index contributed by atoms with van der Waals surface area (Å²) >= 11 is 0. The van der Waals surface area contributed by atoms with Crippen molar-refractivity contribution in [1.82, 2.24) is 0 Å². The van der Waals surface area contributed by atoms with E-state index in [1.165, 1.54) is 26.4 Å². The highest BCUT2D eigenvalue weighted by Gasteiger charge is 2.25. The number of anilines is 1. The van der Waals surface area contributed by atoms with Crippen molar-refractivity contribution in [3.05, 3.63) is 54.1 Å². The molecule has 1 amide bonds. The van der Waals surface area contributed by atoms with Crippen LogP contribution in [0.2, 0.25) is 0 Å². The van der Waals surface area contributed by atoms with E-state index < -0.39 is 12.1 Å². The Balaban J connectivity index is 2.14. The molecule has 0 radical (unpaired) electrons. The molecule has 2 rings (SSSR count). The van der Waals surface area contributed by atoms with Crippen molar-refractivity contribution < 1.29 is 23.8 Å². The van der Waals surface area contributed by atoms with Crippen LogP contribution in [0.3, 0.4) is 0 Å². The fourth-order valence-corrected chi connectivity index (χ4v) is 2.50. The Morgan fingerprint density at radius 1 is 1.00 bits per heavy atom. The van der Waals surface area contributed by atoms with Gasteiger partial charge in [0.1, 0.15) is 11.5 Å². The molecule has 0 bridgehead atoms. The van der Waals surface area contributed by atoms with Crippen LogP contribution < -0.4 is 14.4 Å². The quantitative estimate of drug-likeness (QED) is 0.712. The molecule has 0 saturated carbocycles. The predicted octanol–water partition coefficient (Wildman–Crippen LogP) is 3.30. The van der Waals surface area contributed by atoms with Crippen LogP contribution in [-0.2, 0) is 9.53 Å². The van der Waals surface area contributed by atoms with Crippen molar-refractivity contribution in [2.45, 2.75) is 20.0 Å². The normalized spacial score (nSPS) is 11.4. The first kappa shape index (κ1) is 19.3. The van der Waals surface area contributed by atoms with Gasteiger partial charge in [0.2, 0.25) is 0 Å². The van der Waals surface area contributed by atoms with E-state index in [0.29, 0.717) is 18.0 Å². The van der Waals surface area contributed by atoms with E-state index in [1.54, 1.807) is 17.9 Å². The number of esters is 1. The van der Waals surface area contributed by atoms with Gasteiger partial charge in [-0.05, 0) is 38.1 Å². The topological polar surface area (TPSA) is 65.1 Å². The van der Waals surface area contributed by atoms with Crippen molar-refractivity contribution in [2.75, 3.05) is 25.7 Å². The molecule has 2 aromatic rings. The molecule has 0 saturated heterocycles. The van der Waals surface area contributed by atoms with E-state index in [4.69, 9.17) is 14.2 Å². The number of methoxy groups -OCH3 is 2. The summed E-state index contributed by atoms with van der Waals surface area (Å²) in [5.41, 5.74) is 1.01. The number of amides is 1. The van der Waals surface area contributed by atoms with E-state index >= 15 is 0 Å². The van der Waals surface area contributed by atoms with E-state index in [1.807, 2.05) is 37.3 Å². The van der Waals surface area contributed by atoms with Crippen LogP contribution in [0, 0.1) is 0 Å². The number of likely N-dealkylation sites (N-methyl/N-ethyl adjacent to an activating group) is 1. The molecular weight excluding hydrogens is 334 g/mol. The van der Waals surface area contributed by atoms with Gasteiger partial charge >= 0.3 is 5.97 Å². The fourth-order valence-electron chi connectivity index (χ4n) is 2.50. The summed E-state index contributed by atoms with van der Waals surface area (Å²) in [5.74, 6) is 0.0265. The molecule has 0 unspecified atom stereocenters. The largest absolute Gasteiger partial charge is 0.497 e. The van der Waals surface area contributed by atoms with Gasteiger partial charge in [0.25, 0.3) is 5.91 Å². The minimum Gasteiger partial charge on any atom is -0.497 e. The summed E-state index contributed by atoms with van der Waals surface area (Å²) in [7, 11) is 2.99. The maximum Gasteiger partial charge on any atom is 0.339 e. The summed E-state index contributed by atoms with van der Waals surface area (Å²) in [4.78, 5) is 26.7. The van der Waals surface area contributed by atoms with Gasteiger partial charge in [-0.3, -0.25) is 4.79 Å². The fraction of sp³-hybridized carbons (Fsp3) is 0.300. The Morgan fingerprint density at radius 2 is 1.58 bits per heavy atom. The summed E-state index contributed by atoms with van der Waals surface area (Å²) in [6.07, 6.45) is -0.931. The highest BCUT2D eigenvalue weighted by Crippen LogP contribution is 2.23. The maximum absolute atomic E-state index is 12.7. The van der Waals surface area contributed by atoms with E-state index in [9.17, 15) is 9.59 Å². The molecule has 6 heteroatoms. The highest BCUT2D eigenvalue weighted by molar-refractivity contribution is 5.99. The standard InChI is InChI=1S/C20H23NO5/c1-5-21(16-9-7-6-8-10-16)19(22)14(2)26-20(23)15-11-17(24-3)13-18(12-15)25-4/h6-14H,5H2,1-4H3/t14-/m0/s1.